The Balaban J connectivity index is 1.83. The Morgan fingerprint density at radius 1 is 1.39 bits per heavy atom. The number of carbonyl (C=O) groups is 1. The van der Waals surface area contributed by atoms with E-state index in [0.29, 0.717) is 27.8 Å². The molecule has 3 heterocycles. The Hall–Kier alpha value is -2.87. The Bertz CT molecular complexity index is 875. The molecule has 1 amide bonds. The van der Waals surface area contributed by atoms with Crippen LogP contribution in [-0.2, 0) is 11.2 Å². The maximum atomic E-state index is 12.3. The Morgan fingerprint density at radius 2 is 2.26 bits per heavy atom. The summed E-state index contributed by atoms with van der Waals surface area (Å²) in [6.45, 7) is 1.71. The van der Waals surface area contributed by atoms with E-state index in [0.717, 1.165) is 0 Å². The van der Waals surface area contributed by atoms with Crippen LogP contribution in [0.4, 0.5) is 5.13 Å². The molecule has 0 saturated carbocycles. The molecule has 0 radical (unpaired) electrons. The molecule has 3 rings (SSSR count). The summed E-state index contributed by atoms with van der Waals surface area (Å²) >= 11 is 1.32. The number of nitrogens with one attached hydrogen (secondary N) is 2. The van der Waals surface area contributed by atoms with E-state index in [2.05, 4.69) is 25.3 Å². The number of amides is 1. The normalized spacial score (nSPS) is 10.5. The molecule has 0 unspecified atom stereocenters. The van der Waals surface area contributed by atoms with Gasteiger partial charge in [0.2, 0.25) is 5.91 Å². The monoisotopic (exact) mass is 327 g/mol. The van der Waals surface area contributed by atoms with Crippen LogP contribution in [0.1, 0.15) is 11.3 Å². The van der Waals surface area contributed by atoms with Crippen molar-refractivity contribution >= 4 is 22.4 Å². The predicted octanol–water partition coefficient (Wildman–Crippen LogP) is 1.78. The number of hydrogen-bond donors (Lipinski definition) is 2. The molecule has 8 heteroatoms. The number of anilines is 1. The number of carbonyl (C=O) groups excluding carboxylic acids is 1. The van der Waals surface area contributed by atoms with Crippen molar-refractivity contribution in [3.8, 4) is 11.4 Å². The molecule has 0 saturated heterocycles. The molecule has 0 atom stereocenters. The van der Waals surface area contributed by atoms with Gasteiger partial charge < -0.3 is 10.3 Å². The van der Waals surface area contributed by atoms with Crippen molar-refractivity contribution in [1.82, 2.24) is 19.9 Å². The van der Waals surface area contributed by atoms with Crippen LogP contribution < -0.4 is 10.9 Å². The van der Waals surface area contributed by atoms with Gasteiger partial charge in [0, 0.05) is 40.8 Å². The highest BCUT2D eigenvalue weighted by molar-refractivity contribution is 7.13. The highest BCUT2D eigenvalue weighted by atomic mass is 32.1. The maximum Gasteiger partial charge on any atom is 0.255 e. The summed E-state index contributed by atoms with van der Waals surface area (Å²) in [5, 5.41) is 4.91. The molecule has 0 bridgehead atoms. The van der Waals surface area contributed by atoms with E-state index in [1.807, 2.05) is 0 Å². The third-order valence-electron chi connectivity index (χ3n) is 3.17. The lowest BCUT2D eigenvalue weighted by Crippen LogP contribution is -2.23. The fourth-order valence-corrected chi connectivity index (χ4v) is 2.61. The van der Waals surface area contributed by atoms with Gasteiger partial charge in [0.15, 0.2) is 5.13 Å². The van der Waals surface area contributed by atoms with Crippen LogP contribution in [0.15, 0.2) is 40.9 Å². The highest BCUT2D eigenvalue weighted by Crippen LogP contribution is 2.14. The van der Waals surface area contributed by atoms with Crippen LogP contribution in [0.5, 0.6) is 0 Å². The van der Waals surface area contributed by atoms with Crippen LogP contribution in [0.2, 0.25) is 0 Å². The zero-order valence-electron chi connectivity index (χ0n) is 12.2. The fourth-order valence-electron chi connectivity index (χ4n) is 2.07. The zero-order chi connectivity index (χ0) is 16.2. The van der Waals surface area contributed by atoms with Crippen molar-refractivity contribution in [3.05, 3.63) is 57.7 Å². The largest absolute Gasteiger partial charge is 0.306 e. The number of aryl methyl sites for hydroxylation is 1. The van der Waals surface area contributed by atoms with Crippen LogP contribution in [0, 0.1) is 6.92 Å². The molecule has 0 aliphatic carbocycles. The van der Waals surface area contributed by atoms with Gasteiger partial charge in [-0.25, -0.2) is 9.97 Å². The lowest BCUT2D eigenvalue weighted by Gasteiger charge is -2.07. The molecular weight excluding hydrogens is 314 g/mol. The fraction of sp³-hybridized carbons (Fsp3) is 0.133. The summed E-state index contributed by atoms with van der Waals surface area (Å²) in [6, 6.07) is 3.57. The number of H-pyrrole nitrogens is 1. The molecule has 0 aromatic carbocycles. The second-order valence-electron chi connectivity index (χ2n) is 4.78. The molecule has 3 aromatic rings. The third kappa shape index (κ3) is 3.49. The average molecular weight is 327 g/mol. The molecule has 116 valence electrons. The van der Waals surface area contributed by atoms with E-state index in [-0.39, 0.29) is 17.9 Å². The standard InChI is InChI=1S/C15H13N5O2S/c1-9-11(7-12(21)19-15-17-5-6-23-15)14(22)20-13(18-9)10-3-2-4-16-8-10/h2-6,8H,7H2,1H3,(H,17,19,21)(H,18,20,22). The lowest BCUT2D eigenvalue weighted by atomic mass is 10.1. The number of thiazole rings is 1. The molecule has 0 aliphatic heterocycles. The van der Waals surface area contributed by atoms with E-state index < -0.39 is 0 Å². The van der Waals surface area contributed by atoms with Crippen LogP contribution >= 0.6 is 11.3 Å². The molecular formula is C15H13N5O2S. The van der Waals surface area contributed by atoms with Gasteiger partial charge in [-0.2, -0.15) is 0 Å². The number of pyridine rings is 1. The van der Waals surface area contributed by atoms with E-state index in [1.165, 1.54) is 11.3 Å². The first-order valence-electron chi connectivity index (χ1n) is 6.83. The summed E-state index contributed by atoms with van der Waals surface area (Å²) in [4.78, 5) is 39.3. The van der Waals surface area contributed by atoms with Gasteiger partial charge in [0.05, 0.1) is 6.42 Å². The number of nitrogens with zero attached hydrogens (tertiary/aromatic N) is 3. The lowest BCUT2D eigenvalue weighted by molar-refractivity contribution is -0.115. The van der Waals surface area contributed by atoms with E-state index >= 15 is 0 Å². The third-order valence-corrected chi connectivity index (χ3v) is 3.86. The van der Waals surface area contributed by atoms with Crippen LogP contribution in [0.25, 0.3) is 11.4 Å². The summed E-state index contributed by atoms with van der Waals surface area (Å²) in [5.41, 5.74) is 1.24. The van der Waals surface area contributed by atoms with Crippen LogP contribution in [0.3, 0.4) is 0 Å². The van der Waals surface area contributed by atoms with Crippen molar-refractivity contribution in [2.24, 2.45) is 0 Å². The molecule has 0 spiro atoms. The van der Waals surface area contributed by atoms with Crippen molar-refractivity contribution < 1.29 is 4.79 Å². The van der Waals surface area contributed by atoms with Gasteiger partial charge in [-0.05, 0) is 19.1 Å². The van der Waals surface area contributed by atoms with Gasteiger partial charge in [-0.1, -0.05) is 0 Å². The summed E-state index contributed by atoms with van der Waals surface area (Å²) < 4.78 is 0. The number of rotatable bonds is 4. The second kappa shape index (κ2) is 6.49. The minimum atomic E-state index is -0.328. The van der Waals surface area contributed by atoms with Gasteiger partial charge >= 0.3 is 0 Å². The highest BCUT2D eigenvalue weighted by Gasteiger charge is 2.14. The van der Waals surface area contributed by atoms with Crippen molar-refractivity contribution in [1.29, 1.82) is 0 Å². The van der Waals surface area contributed by atoms with E-state index in [4.69, 9.17) is 0 Å². The molecule has 23 heavy (non-hydrogen) atoms. The molecule has 7 nitrogen and oxygen atoms in total. The molecule has 0 aliphatic rings. The number of aromatic nitrogens is 4. The molecule has 3 aromatic heterocycles. The Labute approximate surface area is 135 Å². The van der Waals surface area contributed by atoms with Gasteiger partial charge in [0.25, 0.3) is 5.56 Å². The SMILES string of the molecule is Cc1nc(-c2cccnc2)[nH]c(=O)c1CC(=O)Nc1nccs1. The molecule has 2 N–H and O–H groups in total. The van der Waals surface area contributed by atoms with Crippen molar-refractivity contribution in [3.63, 3.8) is 0 Å². The first-order chi connectivity index (χ1) is 11.1. The smallest absolute Gasteiger partial charge is 0.255 e. The summed E-state index contributed by atoms with van der Waals surface area (Å²) in [5.74, 6) is 0.133. The Kier molecular flexibility index (Phi) is 4.24. The van der Waals surface area contributed by atoms with Crippen molar-refractivity contribution in [2.75, 3.05) is 5.32 Å². The minimum absolute atomic E-state index is 0.0545. The number of aromatic amines is 1. The molecule has 0 fully saturated rings. The first kappa shape index (κ1) is 15.0. The second-order valence-corrected chi connectivity index (χ2v) is 5.68. The summed E-state index contributed by atoms with van der Waals surface area (Å²) in [7, 11) is 0. The van der Waals surface area contributed by atoms with E-state index in [9.17, 15) is 9.59 Å². The average Bonchev–Trinajstić information content (AvgIpc) is 3.04. The van der Waals surface area contributed by atoms with Crippen molar-refractivity contribution in [2.45, 2.75) is 13.3 Å². The van der Waals surface area contributed by atoms with Gasteiger partial charge in [-0.3, -0.25) is 14.6 Å². The minimum Gasteiger partial charge on any atom is -0.306 e. The quantitative estimate of drug-likeness (QED) is 0.760. The topological polar surface area (TPSA) is 101 Å². The van der Waals surface area contributed by atoms with E-state index in [1.54, 1.807) is 43.0 Å². The number of hydrogen-bond acceptors (Lipinski definition) is 6. The Morgan fingerprint density at radius 3 is 2.91 bits per heavy atom. The first-order valence-corrected chi connectivity index (χ1v) is 7.71. The zero-order valence-corrected chi connectivity index (χ0v) is 13.1. The van der Waals surface area contributed by atoms with Crippen LogP contribution in [-0.4, -0.2) is 25.8 Å². The van der Waals surface area contributed by atoms with Gasteiger partial charge in [-0.15, -0.1) is 11.3 Å². The predicted molar refractivity (Wildman–Crippen MR) is 87.3 cm³/mol. The van der Waals surface area contributed by atoms with Gasteiger partial charge in [0.1, 0.15) is 5.82 Å². The summed E-state index contributed by atoms with van der Waals surface area (Å²) in [6.07, 6.45) is 4.81. The maximum absolute atomic E-state index is 12.3.